The molecule has 0 aliphatic carbocycles. The first-order valence-electron chi connectivity index (χ1n) is 9.48. The van der Waals surface area contributed by atoms with E-state index in [9.17, 15) is 0 Å². The van der Waals surface area contributed by atoms with Gasteiger partial charge in [-0.25, -0.2) is 9.98 Å². The minimum absolute atomic E-state index is 0.620. The highest BCUT2D eigenvalue weighted by molar-refractivity contribution is 7.13. The van der Waals surface area contributed by atoms with Crippen molar-refractivity contribution in [1.29, 1.82) is 0 Å². The number of nitrogens with one attached hydrogen (secondary N) is 2. The summed E-state index contributed by atoms with van der Waals surface area (Å²) in [5, 5.41) is 9.93. The summed E-state index contributed by atoms with van der Waals surface area (Å²) in [6.07, 6.45) is 3.88. The Morgan fingerprint density at radius 2 is 2.08 bits per heavy atom. The molecule has 1 fully saturated rings. The third-order valence-electron chi connectivity index (χ3n) is 4.66. The molecule has 1 aliphatic rings. The minimum Gasteiger partial charge on any atom is -0.357 e. The van der Waals surface area contributed by atoms with E-state index in [0.29, 0.717) is 6.54 Å². The van der Waals surface area contributed by atoms with E-state index in [-0.39, 0.29) is 0 Å². The molecule has 0 radical (unpaired) electrons. The Balaban J connectivity index is 1.75. The van der Waals surface area contributed by atoms with E-state index in [1.807, 2.05) is 19.0 Å². The van der Waals surface area contributed by atoms with E-state index >= 15 is 0 Å². The van der Waals surface area contributed by atoms with Gasteiger partial charge in [0, 0.05) is 32.6 Å². The lowest BCUT2D eigenvalue weighted by Crippen LogP contribution is -2.39. The van der Waals surface area contributed by atoms with E-state index in [1.165, 1.54) is 38.9 Å². The number of guanidine groups is 1. The van der Waals surface area contributed by atoms with Crippen LogP contribution in [-0.2, 0) is 6.54 Å². The van der Waals surface area contributed by atoms with Crippen molar-refractivity contribution in [2.45, 2.75) is 39.7 Å². The standard InChI is InChI=1S/C18H34N6S/c1-5-19-17(21-13-16-14-25-18(22-16)23(3)4)20-10-7-15-8-11-24(6-2)12-9-15/h14-15H,5-13H2,1-4H3,(H2,19,20,21). The zero-order valence-corrected chi connectivity index (χ0v) is 17.0. The van der Waals surface area contributed by atoms with Crippen molar-refractivity contribution in [3.8, 4) is 0 Å². The Morgan fingerprint density at radius 3 is 2.68 bits per heavy atom. The fourth-order valence-corrected chi connectivity index (χ4v) is 3.81. The second kappa shape index (κ2) is 10.6. The Hall–Kier alpha value is -1.34. The first-order valence-corrected chi connectivity index (χ1v) is 10.4. The normalized spacial score (nSPS) is 16.9. The van der Waals surface area contributed by atoms with E-state index in [2.05, 4.69) is 44.7 Å². The van der Waals surface area contributed by atoms with E-state index in [4.69, 9.17) is 0 Å². The van der Waals surface area contributed by atoms with Crippen LogP contribution in [0.25, 0.3) is 0 Å². The van der Waals surface area contributed by atoms with Crippen LogP contribution in [0.4, 0.5) is 5.13 Å². The molecule has 0 atom stereocenters. The number of likely N-dealkylation sites (tertiary alicyclic amines) is 1. The van der Waals surface area contributed by atoms with Crippen LogP contribution in [-0.4, -0.2) is 62.7 Å². The predicted molar refractivity (Wildman–Crippen MR) is 109 cm³/mol. The van der Waals surface area contributed by atoms with Gasteiger partial charge in [0.05, 0.1) is 12.2 Å². The number of thiazole rings is 1. The number of aliphatic imine (C=N–C) groups is 1. The van der Waals surface area contributed by atoms with Crippen LogP contribution in [0.3, 0.4) is 0 Å². The predicted octanol–water partition coefficient (Wildman–Crippen LogP) is 2.39. The molecule has 25 heavy (non-hydrogen) atoms. The van der Waals surface area contributed by atoms with Gasteiger partial charge in [-0.1, -0.05) is 6.92 Å². The molecule has 7 heteroatoms. The second-order valence-corrected chi connectivity index (χ2v) is 7.64. The van der Waals surface area contributed by atoms with Gasteiger partial charge in [0.2, 0.25) is 0 Å². The maximum Gasteiger partial charge on any atom is 0.191 e. The Morgan fingerprint density at radius 1 is 1.32 bits per heavy atom. The molecule has 0 aromatic carbocycles. The van der Waals surface area contributed by atoms with Gasteiger partial charge in [-0.05, 0) is 51.7 Å². The quantitative estimate of drug-likeness (QED) is 0.546. The fraction of sp³-hybridized carbons (Fsp3) is 0.778. The molecule has 0 amide bonds. The first kappa shape index (κ1) is 20.0. The lowest BCUT2D eigenvalue weighted by atomic mass is 9.93. The molecule has 6 nitrogen and oxygen atoms in total. The van der Waals surface area contributed by atoms with Crippen molar-refractivity contribution in [1.82, 2.24) is 20.5 Å². The Kier molecular flexibility index (Phi) is 8.48. The summed E-state index contributed by atoms with van der Waals surface area (Å²) in [4.78, 5) is 13.8. The third-order valence-corrected chi connectivity index (χ3v) is 5.72. The van der Waals surface area contributed by atoms with Crippen molar-refractivity contribution < 1.29 is 0 Å². The molecular formula is C18H34N6S. The van der Waals surface area contributed by atoms with Crippen LogP contribution in [0.15, 0.2) is 10.4 Å². The molecule has 1 aliphatic heterocycles. The summed E-state index contributed by atoms with van der Waals surface area (Å²) in [7, 11) is 4.03. The smallest absolute Gasteiger partial charge is 0.191 e. The van der Waals surface area contributed by atoms with Gasteiger partial charge < -0.3 is 20.4 Å². The Bertz CT molecular complexity index is 519. The lowest BCUT2D eigenvalue weighted by Gasteiger charge is -2.31. The fourth-order valence-electron chi connectivity index (χ4n) is 3.06. The van der Waals surface area contributed by atoms with Crippen molar-refractivity contribution in [2.75, 3.05) is 51.7 Å². The van der Waals surface area contributed by atoms with Crippen LogP contribution < -0.4 is 15.5 Å². The lowest BCUT2D eigenvalue weighted by molar-refractivity contribution is 0.187. The van der Waals surface area contributed by atoms with E-state index in [1.54, 1.807) is 11.3 Å². The molecule has 0 spiro atoms. The average Bonchev–Trinajstić information content (AvgIpc) is 3.09. The molecule has 2 heterocycles. The number of piperidine rings is 1. The van der Waals surface area contributed by atoms with Crippen molar-refractivity contribution in [3.05, 3.63) is 11.1 Å². The Labute approximate surface area is 156 Å². The van der Waals surface area contributed by atoms with E-state index in [0.717, 1.165) is 35.8 Å². The van der Waals surface area contributed by atoms with Gasteiger partial charge in [0.15, 0.2) is 11.1 Å². The van der Waals surface area contributed by atoms with Crippen LogP contribution in [0.5, 0.6) is 0 Å². The molecule has 0 unspecified atom stereocenters. The van der Waals surface area contributed by atoms with Crippen molar-refractivity contribution in [3.63, 3.8) is 0 Å². The largest absolute Gasteiger partial charge is 0.357 e. The SMILES string of the molecule is CCNC(=NCc1csc(N(C)C)n1)NCCC1CCN(CC)CC1. The molecule has 2 N–H and O–H groups in total. The van der Waals surface area contributed by atoms with Gasteiger partial charge in [-0.3, -0.25) is 0 Å². The number of rotatable bonds is 8. The van der Waals surface area contributed by atoms with Crippen molar-refractivity contribution >= 4 is 22.4 Å². The summed E-state index contributed by atoms with van der Waals surface area (Å²) < 4.78 is 0. The van der Waals surface area contributed by atoms with E-state index < -0.39 is 0 Å². The second-order valence-electron chi connectivity index (χ2n) is 6.80. The zero-order chi connectivity index (χ0) is 18.1. The third kappa shape index (κ3) is 6.82. The zero-order valence-electron chi connectivity index (χ0n) is 16.2. The van der Waals surface area contributed by atoms with Gasteiger partial charge in [0.1, 0.15) is 0 Å². The summed E-state index contributed by atoms with van der Waals surface area (Å²) in [5.41, 5.74) is 1.03. The molecule has 0 saturated carbocycles. The van der Waals surface area contributed by atoms with Gasteiger partial charge in [0.25, 0.3) is 0 Å². The molecular weight excluding hydrogens is 332 g/mol. The van der Waals surface area contributed by atoms with Crippen molar-refractivity contribution in [2.24, 2.45) is 10.9 Å². The van der Waals surface area contributed by atoms with Gasteiger partial charge >= 0.3 is 0 Å². The van der Waals surface area contributed by atoms with Gasteiger partial charge in [-0.15, -0.1) is 11.3 Å². The highest BCUT2D eigenvalue weighted by Crippen LogP contribution is 2.20. The summed E-state index contributed by atoms with van der Waals surface area (Å²) >= 11 is 1.66. The number of nitrogens with zero attached hydrogens (tertiary/aromatic N) is 4. The maximum absolute atomic E-state index is 4.68. The molecule has 142 valence electrons. The monoisotopic (exact) mass is 366 g/mol. The summed E-state index contributed by atoms with van der Waals surface area (Å²) in [5.74, 6) is 1.74. The maximum atomic E-state index is 4.68. The number of hydrogen-bond acceptors (Lipinski definition) is 5. The topological polar surface area (TPSA) is 55.8 Å². The van der Waals surface area contributed by atoms with Crippen LogP contribution in [0.2, 0.25) is 0 Å². The van der Waals surface area contributed by atoms with Gasteiger partial charge in [-0.2, -0.15) is 0 Å². The number of hydrogen-bond donors (Lipinski definition) is 2. The molecule has 1 saturated heterocycles. The number of aromatic nitrogens is 1. The van der Waals surface area contributed by atoms with Crippen LogP contribution >= 0.6 is 11.3 Å². The molecule has 0 bridgehead atoms. The number of anilines is 1. The van der Waals surface area contributed by atoms with Crippen LogP contribution in [0, 0.1) is 5.92 Å². The highest BCUT2D eigenvalue weighted by atomic mass is 32.1. The minimum atomic E-state index is 0.620. The highest BCUT2D eigenvalue weighted by Gasteiger charge is 2.17. The average molecular weight is 367 g/mol. The molecule has 1 aromatic rings. The molecule has 2 rings (SSSR count). The summed E-state index contributed by atoms with van der Waals surface area (Å²) in [6.45, 7) is 10.5. The molecule has 1 aromatic heterocycles. The first-order chi connectivity index (χ1) is 12.1. The summed E-state index contributed by atoms with van der Waals surface area (Å²) in [6, 6.07) is 0. The van der Waals surface area contributed by atoms with Crippen LogP contribution in [0.1, 0.15) is 38.8 Å².